The van der Waals surface area contributed by atoms with Crippen molar-refractivity contribution in [2.24, 2.45) is 5.92 Å². The van der Waals surface area contributed by atoms with E-state index < -0.39 is 0 Å². The third kappa shape index (κ3) is 4.75. The van der Waals surface area contributed by atoms with E-state index in [9.17, 15) is 9.59 Å². The fraction of sp³-hybridized carbons (Fsp3) is 0.190. The number of carbonyl (C=O) groups is 2. The first kappa shape index (κ1) is 18.2. The third-order valence-electron chi connectivity index (χ3n) is 4.32. The van der Waals surface area contributed by atoms with Crippen molar-refractivity contribution in [1.29, 1.82) is 0 Å². The molecule has 0 unspecified atom stereocenters. The first-order chi connectivity index (χ1) is 13.7. The summed E-state index contributed by atoms with van der Waals surface area (Å²) in [6.07, 6.45) is 1.93. The largest absolute Gasteiger partial charge is 0.487 e. The molecule has 1 aliphatic carbocycles. The molecule has 4 rings (SSSR count). The molecule has 7 heteroatoms. The zero-order valence-electron chi connectivity index (χ0n) is 15.1. The van der Waals surface area contributed by atoms with Crippen LogP contribution >= 0.6 is 11.3 Å². The van der Waals surface area contributed by atoms with Gasteiger partial charge in [0.1, 0.15) is 12.4 Å². The molecule has 1 aromatic heterocycles. The van der Waals surface area contributed by atoms with Gasteiger partial charge in [-0.3, -0.25) is 9.59 Å². The summed E-state index contributed by atoms with van der Waals surface area (Å²) in [5.41, 5.74) is 4.50. The number of hydrogen-bond donors (Lipinski definition) is 2. The number of nitrogens with one attached hydrogen (secondary N) is 2. The van der Waals surface area contributed by atoms with Gasteiger partial charge in [-0.2, -0.15) is 0 Å². The summed E-state index contributed by atoms with van der Waals surface area (Å²) >= 11 is 1.51. The fourth-order valence-electron chi connectivity index (χ4n) is 2.62. The van der Waals surface area contributed by atoms with E-state index in [1.54, 1.807) is 54.0 Å². The Kier molecular flexibility index (Phi) is 5.34. The molecule has 1 aliphatic rings. The lowest BCUT2D eigenvalue weighted by Crippen LogP contribution is -2.14. The van der Waals surface area contributed by atoms with Crippen LogP contribution in [0.5, 0.6) is 5.75 Å². The Morgan fingerprint density at radius 1 is 1.07 bits per heavy atom. The smallest absolute Gasteiger partial charge is 0.255 e. The number of amides is 2. The third-order valence-corrected chi connectivity index (χ3v) is 4.96. The summed E-state index contributed by atoms with van der Waals surface area (Å²) < 4.78 is 5.69. The molecule has 0 aliphatic heterocycles. The number of aromatic nitrogens is 1. The highest BCUT2D eigenvalue weighted by atomic mass is 32.1. The van der Waals surface area contributed by atoms with Crippen molar-refractivity contribution >= 4 is 34.5 Å². The van der Waals surface area contributed by atoms with E-state index >= 15 is 0 Å². The molecular formula is C21H19N3O3S. The maximum Gasteiger partial charge on any atom is 0.255 e. The summed E-state index contributed by atoms with van der Waals surface area (Å²) in [5.74, 6) is 0.600. The van der Waals surface area contributed by atoms with Gasteiger partial charge in [-0.05, 0) is 55.3 Å². The minimum atomic E-state index is -0.228. The Morgan fingerprint density at radius 3 is 2.50 bits per heavy atom. The van der Waals surface area contributed by atoms with Crippen molar-refractivity contribution in [1.82, 2.24) is 4.98 Å². The van der Waals surface area contributed by atoms with Gasteiger partial charge < -0.3 is 15.4 Å². The van der Waals surface area contributed by atoms with Crippen LogP contribution in [0.3, 0.4) is 0 Å². The Bertz CT molecular complexity index is 967. The standard InChI is InChI=1S/C21H19N3O3S/c25-20(14-4-5-14)23-16-6-8-17(9-7-16)24-21(26)15-2-1-3-19(10-15)27-11-18-12-28-13-22-18/h1-3,6-10,12-14H,4-5,11H2,(H,23,25)(H,24,26). The van der Waals surface area contributed by atoms with Gasteiger partial charge in [0.15, 0.2) is 0 Å². The van der Waals surface area contributed by atoms with Crippen LogP contribution < -0.4 is 15.4 Å². The molecule has 2 N–H and O–H groups in total. The number of benzene rings is 2. The maximum atomic E-state index is 12.5. The number of thiazole rings is 1. The van der Waals surface area contributed by atoms with Gasteiger partial charge >= 0.3 is 0 Å². The predicted molar refractivity (Wildman–Crippen MR) is 109 cm³/mol. The molecule has 2 aromatic carbocycles. The molecule has 0 saturated heterocycles. The van der Waals surface area contributed by atoms with Crippen molar-refractivity contribution < 1.29 is 14.3 Å². The Balaban J connectivity index is 1.35. The lowest BCUT2D eigenvalue weighted by molar-refractivity contribution is -0.117. The Morgan fingerprint density at radius 2 is 1.82 bits per heavy atom. The van der Waals surface area contributed by atoms with Crippen LogP contribution in [0, 0.1) is 5.92 Å². The molecule has 0 bridgehead atoms. The molecule has 6 nitrogen and oxygen atoms in total. The lowest BCUT2D eigenvalue weighted by atomic mass is 10.2. The van der Waals surface area contributed by atoms with Crippen molar-refractivity contribution in [2.45, 2.75) is 19.4 Å². The van der Waals surface area contributed by atoms with Crippen LogP contribution in [-0.2, 0) is 11.4 Å². The first-order valence-electron chi connectivity index (χ1n) is 8.99. The van der Waals surface area contributed by atoms with Crippen LogP contribution in [0.25, 0.3) is 0 Å². The molecular weight excluding hydrogens is 374 g/mol. The van der Waals surface area contributed by atoms with Gasteiger partial charge in [-0.1, -0.05) is 6.07 Å². The molecule has 142 valence electrons. The highest BCUT2D eigenvalue weighted by Crippen LogP contribution is 2.30. The summed E-state index contributed by atoms with van der Waals surface area (Å²) in [6.45, 7) is 0.364. The second-order valence-electron chi connectivity index (χ2n) is 6.59. The summed E-state index contributed by atoms with van der Waals surface area (Å²) in [6, 6.07) is 14.1. The molecule has 28 heavy (non-hydrogen) atoms. The minimum Gasteiger partial charge on any atom is -0.487 e. The highest BCUT2D eigenvalue weighted by Gasteiger charge is 2.29. The van der Waals surface area contributed by atoms with Crippen molar-refractivity contribution in [3.05, 3.63) is 70.7 Å². The van der Waals surface area contributed by atoms with E-state index in [1.165, 1.54) is 11.3 Å². The van der Waals surface area contributed by atoms with Crippen molar-refractivity contribution in [3.8, 4) is 5.75 Å². The van der Waals surface area contributed by atoms with Gasteiger partial charge in [-0.25, -0.2) is 4.98 Å². The van der Waals surface area contributed by atoms with Gasteiger partial charge in [0.05, 0.1) is 11.2 Å². The van der Waals surface area contributed by atoms with E-state index in [4.69, 9.17) is 4.74 Å². The van der Waals surface area contributed by atoms with Crippen LogP contribution in [0.2, 0.25) is 0 Å². The van der Waals surface area contributed by atoms with E-state index in [0.717, 1.165) is 24.2 Å². The highest BCUT2D eigenvalue weighted by molar-refractivity contribution is 7.07. The number of hydrogen-bond acceptors (Lipinski definition) is 5. The fourth-order valence-corrected chi connectivity index (χ4v) is 3.17. The second-order valence-corrected chi connectivity index (χ2v) is 7.31. The van der Waals surface area contributed by atoms with Gasteiger partial charge in [-0.15, -0.1) is 11.3 Å². The molecule has 0 spiro atoms. The van der Waals surface area contributed by atoms with Crippen LogP contribution in [0.15, 0.2) is 59.4 Å². The first-order valence-corrected chi connectivity index (χ1v) is 9.94. The molecule has 2 amide bonds. The molecule has 1 fully saturated rings. The SMILES string of the molecule is O=C(Nc1ccc(NC(=O)C2CC2)cc1)c1cccc(OCc2cscn2)c1. The minimum absolute atomic E-state index is 0.0613. The monoisotopic (exact) mass is 393 g/mol. The van der Waals surface area contributed by atoms with Gasteiger partial charge in [0.25, 0.3) is 5.91 Å². The number of carbonyl (C=O) groups excluding carboxylic acids is 2. The van der Waals surface area contributed by atoms with Gasteiger partial charge in [0.2, 0.25) is 5.91 Å². The molecule has 1 heterocycles. The molecule has 0 radical (unpaired) electrons. The lowest BCUT2D eigenvalue weighted by Gasteiger charge is -2.09. The molecule has 3 aromatic rings. The van der Waals surface area contributed by atoms with Crippen molar-refractivity contribution in [2.75, 3.05) is 10.6 Å². The second kappa shape index (κ2) is 8.22. The summed E-state index contributed by atoms with van der Waals surface area (Å²) in [7, 11) is 0. The average Bonchev–Trinajstić information content (AvgIpc) is 3.44. The molecule has 0 atom stereocenters. The van der Waals surface area contributed by atoms with E-state index in [1.807, 2.05) is 5.38 Å². The predicted octanol–water partition coefficient (Wildman–Crippen LogP) is 4.32. The zero-order chi connectivity index (χ0) is 19.3. The van der Waals surface area contributed by atoms with Crippen LogP contribution in [-0.4, -0.2) is 16.8 Å². The number of ether oxygens (including phenoxy) is 1. The van der Waals surface area contributed by atoms with E-state index in [2.05, 4.69) is 15.6 Å². The van der Waals surface area contributed by atoms with Crippen LogP contribution in [0.4, 0.5) is 11.4 Å². The van der Waals surface area contributed by atoms with Crippen molar-refractivity contribution in [3.63, 3.8) is 0 Å². The Hall–Kier alpha value is -3.19. The van der Waals surface area contributed by atoms with Gasteiger partial charge in [0, 0.05) is 28.2 Å². The van der Waals surface area contributed by atoms with Crippen LogP contribution in [0.1, 0.15) is 28.9 Å². The maximum absolute atomic E-state index is 12.5. The van der Waals surface area contributed by atoms with E-state index in [-0.39, 0.29) is 17.7 Å². The molecule has 1 saturated carbocycles. The Labute approximate surface area is 166 Å². The summed E-state index contributed by atoms with van der Waals surface area (Å²) in [4.78, 5) is 28.5. The normalized spacial score (nSPS) is 13.0. The average molecular weight is 393 g/mol. The summed E-state index contributed by atoms with van der Waals surface area (Å²) in [5, 5.41) is 7.65. The van der Waals surface area contributed by atoms with E-state index in [0.29, 0.717) is 23.6 Å². The topological polar surface area (TPSA) is 80.3 Å². The number of anilines is 2. The zero-order valence-corrected chi connectivity index (χ0v) is 15.9. The number of rotatable bonds is 7. The quantitative estimate of drug-likeness (QED) is 0.626. The number of nitrogens with zero attached hydrogens (tertiary/aromatic N) is 1.